The fourth-order valence-electron chi connectivity index (χ4n) is 3.35. The highest BCUT2D eigenvalue weighted by atomic mass is 32.2. The van der Waals surface area contributed by atoms with Crippen molar-refractivity contribution in [3.05, 3.63) is 38.9 Å². The number of hydrogen-bond donors (Lipinski definition) is 1. The van der Waals surface area contributed by atoms with E-state index in [0.717, 1.165) is 36.3 Å². The van der Waals surface area contributed by atoms with Crippen molar-refractivity contribution in [1.29, 1.82) is 0 Å². The van der Waals surface area contributed by atoms with Gasteiger partial charge in [0, 0.05) is 16.2 Å². The molecule has 29 heavy (non-hydrogen) atoms. The lowest BCUT2D eigenvalue weighted by Gasteiger charge is -2.28. The van der Waals surface area contributed by atoms with Gasteiger partial charge in [-0.25, -0.2) is 4.79 Å². The van der Waals surface area contributed by atoms with E-state index in [1.54, 1.807) is 19.1 Å². The first-order valence-corrected chi connectivity index (χ1v) is 10.3. The molecule has 1 aliphatic heterocycles. The number of benzene rings is 1. The summed E-state index contributed by atoms with van der Waals surface area (Å²) >= 11 is 1.35. The van der Waals surface area contributed by atoms with E-state index < -0.39 is 5.97 Å². The van der Waals surface area contributed by atoms with Crippen LogP contribution in [0.1, 0.15) is 43.0 Å². The highest BCUT2D eigenvalue weighted by Crippen LogP contribution is 2.44. The molecule has 0 atom stereocenters. The van der Waals surface area contributed by atoms with E-state index in [-0.39, 0.29) is 18.1 Å². The lowest BCUT2D eigenvalue weighted by atomic mass is 10.0. The minimum Gasteiger partial charge on any atom is -0.493 e. The quantitative estimate of drug-likeness (QED) is 0.528. The van der Waals surface area contributed by atoms with Crippen LogP contribution in [0, 0.1) is 0 Å². The summed E-state index contributed by atoms with van der Waals surface area (Å²) in [6, 6.07) is 3.18. The van der Waals surface area contributed by atoms with Crippen molar-refractivity contribution in [3.8, 4) is 17.2 Å². The second-order valence-electron chi connectivity index (χ2n) is 6.50. The van der Waals surface area contributed by atoms with Gasteiger partial charge in [0.25, 0.3) is 0 Å². The smallest absolute Gasteiger partial charge is 0.356 e. The second kappa shape index (κ2) is 9.26. The zero-order chi connectivity index (χ0) is 21.0. The van der Waals surface area contributed by atoms with E-state index in [1.165, 1.54) is 33.1 Å². The van der Waals surface area contributed by atoms with E-state index in [4.69, 9.17) is 18.9 Å². The Bertz CT molecular complexity index is 864. The van der Waals surface area contributed by atoms with Crippen molar-refractivity contribution < 1.29 is 28.5 Å². The van der Waals surface area contributed by atoms with Crippen LogP contribution in [-0.4, -0.2) is 39.7 Å². The molecule has 0 spiro atoms. The third kappa shape index (κ3) is 4.22. The van der Waals surface area contributed by atoms with Crippen molar-refractivity contribution in [1.82, 2.24) is 5.32 Å². The number of ether oxygens (including phenoxy) is 4. The number of rotatable bonds is 7. The van der Waals surface area contributed by atoms with E-state index in [1.807, 2.05) is 0 Å². The van der Waals surface area contributed by atoms with Crippen LogP contribution in [0.25, 0.3) is 0 Å². The standard InChI is InChI=1S/C21H25NO6S/c1-5-28-21(24)17-20(29-16-9-7-6-8-13(16)22-17)18(23)12-10-14(25-2)19(27-4)15(11-12)26-3/h10-11,22H,5-9H2,1-4H3. The largest absolute Gasteiger partial charge is 0.493 e. The summed E-state index contributed by atoms with van der Waals surface area (Å²) in [4.78, 5) is 27.4. The SMILES string of the molecule is CCOC(=O)C1=C(C(=O)c2cc(OC)c(OC)c(OC)c2)SC2=C(CCCC2)N1. The molecule has 1 heterocycles. The van der Waals surface area contributed by atoms with Crippen molar-refractivity contribution in [2.24, 2.45) is 0 Å². The molecule has 1 aromatic carbocycles. The van der Waals surface area contributed by atoms with Gasteiger partial charge in [0.15, 0.2) is 11.5 Å². The number of methoxy groups -OCH3 is 3. The van der Waals surface area contributed by atoms with Gasteiger partial charge in [0.1, 0.15) is 5.70 Å². The number of carbonyl (C=O) groups excluding carboxylic acids is 2. The number of nitrogens with one attached hydrogen (secondary N) is 1. The predicted molar refractivity (Wildman–Crippen MR) is 110 cm³/mol. The van der Waals surface area contributed by atoms with Gasteiger partial charge in [0.05, 0.1) is 32.8 Å². The van der Waals surface area contributed by atoms with E-state index in [9.17, 15) is 9.59 Å². The Morgan fingerprint density at radius 1 is 1.03 bits per heavy atom. The average Bonchev–Trinajstić information content (AvgIpc) is 2.76. The average molecular weight is 419 g/mol. The normalized spacial score (nSPS) is 16.0. The Kier molecular flexibility index (Phi) is 6.74. The van der Waals surface area contributed by atoms with Crippen LogP contribution in [-0.2, 0) is 9.53 Å². The first kappa shape index (κ1) is 21.1. The van der Waals surface area contributed by atoms with Gasteiger partial charge < -0.3 is 24.3 Å². The number of Topliss-reactive ketones (excluding diaryl/α,β-unsaturated/α-hetero) is 1. The van der Waals surface area contributed by atoms with Crippen molar-refractivity contribution in [2.45, 2.75) is 32.6 Å². The number of allylic oxidation sites excluding steroid dienone is 3. The summed E-state index contributed by atoms with van der Waals surface area (Å²) < 4.78 is 21.2. The van der Waals surface area contributed by atoms with Crippen molar-refractivity contribution >= 4 is 23.5 Å². The summed E-state index contributed by atoms with van der Waals surface area (Å²) in [5, 5.41) is 3.18. The Balaban J connectivity index is 2.05. The summed E-state index contributed by atoms with van der Waals surface area (Å²) in [5.41, 5.74) is 1.53. The van der Waals surface area contributed by atoms with Crippen LogP contribution >= 0.6 is 11.8 Å². The molecule has 0 amide bonds. The number of thioether (sulfide) groups is 1. The second-order valence-corrected chi connectivity index (χ2v) is 7.61. The molecule has 0 bridgehead atoms. The molecular weight excluding hydrogens is 394 g/mol. The molecule has 156 valence electrons. The minimum absolute atomic E-state index is 0.191. The molecule has 0 unspecified atom stereocenters. The molecule has 1 aromatic rings. The third-order valence-electron chi connectivity index (χ3n) is 4.76. The molecule has 3 rings (SSSR count). The van der Waals surface area contributed by atoms with E-state index in [2.05, 4.69) is 5.32 Å². The predicted octanol–water partition coefficient (Wildman–Crippen LogP) is 3.79. The molecular formula is C21H25NO6S. The molecule has 1 N–H and O–H groups in total. The van der Waals surface area contributed by atoms with Crippen LogP contribution in [0.5, 0.6) is 17.2 Å². The molecule has 8 heteroatoms. The monoisotopic (exact) mass is 419 g/mol. The van der Waals surface area contributed by atoms with Gasteiger partial charge in [0.2, 0.25) is 11.5 Å². The van der Waals surface area contributed by atoms with Crippen molar-refractivity contribution in [3.63, 3.8) is 0 Å². The summed E-state index contributed by atoms with van der Waals surface area (Å²) in [5.74, 6) is 0.312. The number of esters is 1. The van der Waals surface area contributed by atoms with Crippen molar-refractivity contribution in [2.75, 3.05) is 27.9 Å². The number of carbonyl (C=O) groups is 2. The maximum atomic E-state index is 13.4. The summed E-state index contributed by atoms with van der Waals surface area (Å²) in [7, 11) is 4.48. The Labute approximate surface area is 174 Å². The zero-order valence-electron chi connectivity index (χ0n) is 17.0. The first-order chi connectivity index (χ1) is 14.0. The summed E-state index contributed by atoms with van der Waals surface area (Å²) in [6.07, 6.45) is 3.86. The summed E-state index contributed by atoms with van der Waals surface area (Å²) in [6.45, 7) is 1.96. The molecule has 0 radical (unpaired) electrons. The van der Waals surface area contributed by atoms with Crippen LogP contribution in [0.2, 0.25) is 0 Å². The molecule has 0 saturated carbocycles. The highest BCUT2D eigenvalue weighted by Gasteiger charge is 2.32. The van der Waals surface area contributed by atoms with Gasteiger partial charge in [-0.15, -0.1) is 0 Å². The first-order valence-electron chi connectivity index (χ1n) is 9.47. The van der Waals surface area contributed by atoms with Crippen LogP contribution < -0.4 is 19.5 Å². The zero-order valence-corrected chi connectivity index (χ0v) is 17.9. The molecule has 7 nitrogen and oxygen atoms in total. The number of ketones is 1. The van der Waals surface area contributed by atoms with Gasteiger partial charge in [-0.2, -0.15) is 0 Å². The van der Waals surface area contributed by atoms with E-state index >= 15 is 0 Å². The van der Waals surface area contributed by atoms with E-state index in [0.29, 0.717) is 27.7 Å². The Hall–Kier alpha value is -2.61. The van der Waals surface area contributed by atoms with Crippen LogP contribution in [0.3, 0.4) is 0 Å². The highest BCUT2D eigenvalue weighted by molar-refractivity contribution is 8.07. The lowest BCUT2D eigenvalue weighted by Crippen LogP contribution is -2.30. The maximum Gasteiger partial charge on any atom is 0.356 e. The van der Waals surface area contributed by atoms with Gasteiger partial charge in [-0.3, -0.25) is 4.79 Å². The molecule has 0 saturated heterocycles. The van der Waals surface area contributed by atoms with Gasteiger partial charge >= 0.3 is 5.97 Å². The maximum absolute atomic E-state index is 13.4. The van der Waals surface area contributed by atoms with Gasteiger partial charge in [-0.05, 0) is 44.7 Å². The van der Waals surface area contributed by atoms with Gasteiger partial charge in [-0.1, -0.05) is 11.8 Å². The molecule has 2 aliphatic rings. The van der Waals surface area contributed by atoms with Crippen LogP contribution in [0.4, 0.5) is 0 Å². The lowest BCUT2D eigenvalue weighted by molar-refractivity contribution is -0.138. The topological polar surface area (TPSA) is 83.1 Å². The minimum atomic E-state index is -0.534. The molecule has 0 aromatic heterocycles. The Morgan fingerprint density at radius 3 is 2.28 bits per heavy atom. The molecule has 1 aliphatic carbocycles. The Morgan fingerprint density at radius 2 is 1.69 bits per heavy atom. The fraction of sp³-hybridized carbons (Fsp3) is 0.429. The third-order valence-corrected chi connectivity index (χ3v) is 6.05. The molecule has 0 fully saturated rings. The fourth-order valence-corrected chi connectivity index (χ4v) is 4.57. The number of hydrogen-bond acceptors (Lipinski definition) is 8. The van der Waals surface area contributed by atoms with Crippen LogP contribution in [0.15, 0.2) is 33.3 Å².